The Bertz CT molecular complexity index is 949. The Kier molecular flexibility index (Phi) is 7.71. The molecule has 2 atom stereocenters. The molecule has 1 aliphatic carbocycles. The Morgan fingerprint density at radius 3 is 2.66 bits per heavy atom. The van der Waals surface area contributed by atoms with Crippen LogP contribution in [0.1, 0.15) is 61.4 Å². The van der Waals surface area contributed by atoms with Gasteiger partial charge in [-0.3, -0.25) is 4.79 Å². The van der Waals surface area contributed by atoms with E-state index in [9.17, 15) is 27.5 Å². The summed E-state index contributed by atoms with van der Waals surface area (Å²) in [4.78, 5) is 16.8. The van der Waals surface area contributed by atoms with Crippen molar-refractivity contribution in [1.82, 2.24) is 10.3 Å². The number of carbonyl (C=O) groups excluding carboxylic acids is 1. The van der Waals surface area contributed by atoms with E-state index in [0.29, 0.717) is 31.4 Å². The molecule has 2 aromatic rings. The summed E-state index contributed by atoms with van der Waals surface area (Å²) in [6.07, 6.45) is 0.333. The zero-order chi connectivity index (χ0) is 23.3. The first-order valence-corrected chi connectivity index (χ1v) is 10.7. The number of benzene rings is 1. The largest absolute Gasteiger partial charge is 0.477 e. The molecule has 0 spiro atoms. The maximum atomic E-state index is 14.6. The third-order valence-corrected chi connectivity index (χ3v) is 5.48. The molecule has 0 aliphatic heterocycles. The van der Waals surface area contributed by atoms with Crippen molar-refractivity contribution in [3.8, 4) is 17.0 Å². The number of nitrogens with one attached hydrogen (secondary N) is 1. The molecule has 32 heavy (non-hydrogen) atoms. The molecule has 3 rings (SSSR count). The number of aliphatic hydroxyl groups is 1. The number of carbonyl (C=O) groups is 1. The van der Waals surface area contributed by atoms with Gasteiger partial charge in [-0.15, -0.1) is 0 Å². The average Bonchev–Trinajstić information content (AvgIpc) is 2.75. The van der Waals surface area contributed by atoms with E-state index in [0.717, 1.165) is 25.3 Å². The Morgan fingerprint density at radius 2 is 1.97 bits per heavy atom. The predicted molar refractivity (Wildman–Crippen MR) is 111 cm³/mol. The molecule has 1 amide bonds. The van der Waals surface area contributed by atoms with Crippen LogP contribution < -0.4 is 10.1 Å². The van der Waals surface area contributed by atoms with Crippen LogP contribution in [0.2, 0.25) is 0 Å². The second kappa shape index (κ2) is 10.3. The predicted octanol–water partition coefficient (Wildman–Crippen LogP) is 5.12. The molecular weight excluding hydrogens is 428 g/mol. The number of rotatable bonds is 7. The van der Waals surface area contributed by atoms with E-state index in [1.54, 1.807) is 0 Å². The normalized spacial score (nSPS) is 18.9. The lowest BCUT2D eigenvalue weighted by Gasteiger charge is -2.28. The van der Waals surface area contributed by atoms with Gasteiger partial charge in [0.05, 0.1) is 29.9 Å². The van der Waals surface area contributed by atoms with E-state index < -0.39 is 35.6 Å². The number of amides is 1. The molecule has 9 heteroatoms. The summed E-state index contributed by atoms with van der Waals surface area (Å²) in [5.41, 5.74) is -1.38. The molecule has 1 fully saturated rings. The van der Waals surface area contributed by atoms with Crippen LogP contribution in [0.25, 0.3) is 11.1 Å². The van der Waals surface area contributed by atoms with Crippen LogP contribution in [0.15, 0.2) is 30.5 Å². The first-order chi connectivity index (χ1) is 15.2. The summed E-state index contributed by atoms with van der Waals surface area (Å²) in [6.45, 7) is 2.19. The van der Waals surface area contributed by atoms with Gasteiger partial charge in [0, 0.05) is 17.3 Å². The van der Waals surface area contributed by atoms with Gasteiger partial charge in [0.15, 0.2) is 0 Å². The zero-order valence-corrected chi connectivity index (χ0v) is 17.7. The topological polar surface area (TPSA) is 71.5 Å². The van der Waals surface area contributed by atoms with Crippen LogP contribution in [0.3, 0.4) is 0 Å². The van der Waals surface area contributed by atoms with Crippen molar-refractivity contribution < 1.29 is 32.2 Å². The molecule has 174 valence electrons. The number of aromatic nitrogens is 1. The maximum Gasteiger partial charge on any atom is 0.416 e. The van der Waals surface area contributed by atoms with E-state index in [2.05, 4.69) is 10.3 Å². The molecule has 0 bridgehead atoms. The Hall–Kier alpha value is -2.68. The Morgan fingerprint density at radius 1 is 1.22 bits per heavy atom. The van der Waals surface area contributed by atoms with Crippen LogP contribution in [0.5, 0.6) is 5.88 Å². The monoisotopic (exact) mass is 454 g/mol. The number of ether oxygens (including phenoxy) is 1. The Labute approximate surface area is 183 Å². The number of pyridine rings is 1. The van der Waals surface area contributed by atoms with Crippen LogP contribution in [-0.4, -0.2) is 34.8 Å². The number of hydrogen-bond donors (Lipinski definition) is 2. The summed E-state index contributed by atoms with van der Waals surface area (Å²) >= 11 is 0. The SMILES string of the molecule is CCCCOc1ncc(C(=O)N[C@@H]2CCCC[C@H]2O)cc1-c1cc(C(F)(F)F)ccc1F. The number of aliphatic hydroxyl groups excluding tert-OH is 1. The number of halogens is 4. The van der Waals surface area contributed by atoms with E-state index in [1.165, 1.54) is 12.3 Å². The molecule has 2 N–H and O–H groups in total. The van der Waals surface area contributed by atoms with Crippen LogP contribution >= 0.6 is 0 Å². The van der Waals surface area contributed by atoms with E-state index in [-0.39, 0.29) is 29.2 Å². The minimum Gasteiger partial charge on any atom is -0.477 e. The van der Waals surface area contributed by atoms with E-state index in [4.69, 9.17) is 4.74 Å². The number of hydrogen-bond acceptors (Lipinski definition) is 4. The summed E-state index contributed by atoms with van der Waals surface area (Å²) in [5.74, 6) is -1.48. The lowest BCUT2D eigenvalue weighted by molar-refractivity contribution is -0.137. The molecule has 0 radical (unpaired) electrons. The molecule has 1 aromatic carbocycles. The minimum absolute atomic E-state index is 0.0393. The fraction of sp³-hybridized carbons (Fsp3) is 0.478. The van der Waals surface area contributed by atoms with Crippen LogP contribution in [0, 0.1) is 5.82 Å². The second-order valence-electron chi connectivity index (χ2n) is 7.90. The number of alkyl halides is 3. The Balaban J connectivity index is 1.98. The van der Waals surface area contributed by atoms with E-state index >= 15 is 0 Å². The van der Waals surface area contributed by atoms with Gasteiger partial charge in [0.1, 0.15) is 5.82 Å². The average molecular weight is 454 g/mol. The smallest absolute Gasteiger partial charge is 0.416 e. The van der Waals surface area contributed by atoms with Crippen molar-refractivity contribution in [1.29, 1.82) is 0 Å². The lowest BCUT2D eigenvalue weighted by Crippen LogP contribution is -2.45. The van der Waals surface area contributed by atoms with Crippen molar-refractivity contribution in [2.24, 2.45) is 0 Å². The van der Waals surface area contributed by atoms with Crippen molar-refractivity contribution in [2.45, 2.75) is 63.8 Å². The van der Waals surface area contributed by atoms with Crippen molar-refractivity contribution in [3.63, 3.8) is 0 Å². The van der Waals surface area contributed by atoms with Gasteiger partial charge in [-0.2, -0.15) is 13.2 Å². The molecule has 1 heterocycles. The van der Waals surface area contributed by atoms with Crippen molar-refractivity contribution in [3.05, 3.63) is 47.4 Å². The fourth-order valence-corrected chi connectivity index (χ4v) is 3.64. The van der Waals surface area contributed by atoms with Gasteiger partial charge in [-0.25, -0.2) is 9.37 Å². The summed E-state index contributed by atoms with van der Waals surface area (Å²) in [6, 6.07) is 2.93. The molecule has 0 unspecified atom stereocenters. The van der Waals surface area contributed by atoms with Gasteiger partial charge in [-0.1, -0.05) is 26.2 Å². The first kappa shape index (κ1) is 24.0. The highest BCUT2D eigenvalue weighted by atomic mass is 19.4. The highest BCUT2D eigenvalue weighted by Crippen LogP contribution is 2.36. The van der Waals surface area contributed by atoms with E-state index in [1.807, 2.05) is 6.92 Å². The number of unbranched alkanes of at least 4 members (excludes halogenated alkanes) is 1. The zero-order valence-electron chi connectivity index (χ0n) is 17.7. The highest BCUT2D eigenvalue weighted by Gasteiger charge is 2.32. The minimum atomic E-state index is -4.66. The van der Waals surface area contributed by atoms with Gasteiger partial charge in [0.2, 0.25) is 5.88 Å². The van der Waals surface area contributed by atoms with Crippen LogP contribution in [0.4, 0.5) is 17.6 Å². The summed E-state index contributed by atoms with van der Waals surface area (Å²) in [5, 5.41) is 12.8. The van der Waals surface area contributed by atoms with Gasteiger partial charge < -0.3 is 15.2 Å². The van der Waals surface area contributed by atoms with Gasteiger partial charge >= 0.3 is 6.18 Å². The fourth-order valence-electron chi connectivity index (χ4n) is 3.64. The number of nitrogens with zero attached hydrogens (tertiary/aromatic N) is 1. The molecule has 0 saturated heterocycles. The standard InChI is InChI=1S/C23H26F4N2O3/c1-2-3-10-32-22-17(16-12-15(23(25,26)27)8-9-18(16)24)11-14(13-28-22)21(31)29-19-6-4-5-7-20(19)30/h8-9,11-13,19-20,30H,2-7,10H2,1H3,(H,29,31)/t19-,20-/m1/s1. The highest BCUT2D eigenvalue weighted by molar-refractivity contribution is 5.95. The third kappa shape index (κ3) is 5.76. The van der Waals surface area contributed by atoms with Gasteiger partial charge in [-0.05, 0) is 43.5 Å². The third-order valence-electron chi connectivity index (χ3n) is 5.48. The molecular formula is C23H26F4N2O3. The van der Waals surface area contributed by atoms with Crippen molar-refractivity contribution in [2.75, 3.05) is 6.61 Å². The summed E-state index contributed by atoms with van der Waals surface area (Å²) in [7, 11) is 0. The van der Waals surface area contributed by atoms with Gasteiger partial charge in [0.25, 0.3) is 5.91 Å². The van der Waals surface area contributed by atoms with Crippen LogP contribution in [-0.2, 0) is 6.18 Å². The molecule has 5 nitrogen and oxygen atoms in total. The quantitative estimate of drug-likeness (QED) is 0.450. The summed E-state index contributed by atoms with van der Waals surface area (Å²) < 4.78 is 59.8. The molecule has 1 aromatic heterocycles. The lowest BCUT2D eigenvalue weighted by atomic mass is 9.92. The van der Waals surface area contributed by atoms with Crippen molar-refractivity contribution >= 4 is 5.91 Å². The molecule has 1 aliphatic rings. The maximum absolute atomic E-state index is 14.6. The second-order valence-corrected chi connectivity index (χ2v) is 7.90. The molecule has 1 saturated carbocycles. The first-order valence-electron chi connectivity index (χ1n) is 10.7.